The summed E-state index contributed by atoms with van der Waals surface area (Å²) in [7, 11) is 0.932. The van der Waals surface area contributed by atoms with Crippen LogP contribution in [0.25, 0.3) is 6.08 Å². The number of carboxylic acid groups (broad SMARTS) is 1. The number of benzene rings is 1. The van der Waals surface area contributed by atoms with Gasteiger partial charge in [-0.25, -0.2) is 0 Å². The Hall–Kier alpha value is -1.77. The normalized spacial score (nSPS) is 18.2. The van der Waals surface area contributed by atoms with E-state index < -0.39 is 24.3 Å². The molecule has 0 unspecified atom stereocenters. The van der Waals surface area contributed by atoms with Gasteiger partial charge in [0, 0.05) is 12.7 Å². The molecule has 1 aromatic carbocycles. The molecule has 1 aliphatic heterocycles. The first kappa shape index (κ1) is 22.5. The number of rotatable bonds is 7. The largest absolute Gasteiger partial charge is 0.497 e. The number of hydrogen-bond donors (Lipinski definition) is 1. The summed E-state index contributed by atoms with van der Waals surface area (Å²) in [5, 5.41) is 9.21. The van der Waals surface area contributed by atoms with Gasteiger partial charge in [-0.2, -0.15) is 0 Å². The minimum absolute atomic E-state index is 0.0150. The van der Waals surface area contributed by atoms with Crippen LogP contribution in [0.3, 0.4) is 0 Å². The topological polar surface area (TPSA) is 82.1 Å². The van der Waals surface area contributed by atoms with Gasteiger partial charge in [-0.15, -0.1) is 0 Å². The lowest BCUT2D eigenvalue weighted by molar-refractivity contribution is -0.136. The van der Waals surface area contributed by atoms with Crippen LogP contribution in [0.15, 0.2) is 23.7 Å². The third kappa shape index (κ3) is 5.40. The van der Waals surface area contributed by atoms with E-state index in [0.717, 1.165) is 17.2 Å². The van der Waals surface area contributed by atoms with Crippen molar-refractivity contribution in [2.24, 2.45) is 0 Å². The summed E-state index contributed by atoms with van der Waals surface area (Å²) in [5.74, 6) is 0.0820. The number of carbonyl (C=O) groups excluding carboxylic acids is 1. The van der Waals surface area contributed by atoms with Gasteiger partial charge in [-0.3, -0.25) is 9.59 Å². The summed E-state index contributed by atoms with van der Waals surface area (Å²) in [6, 6.07) is 5.25. The molecule has 28 heavy (non-hydrogen) atoms. The minimum Gasteiger partial charge on any atom is -0.497 e. The van der Waals surface area contributed by atoms with Crippen LogP contribution in [0.2, 0.25) is 0 Å². The first-order valence-electron chi connectivity index (χ1n) is 9.03. The molecule has 8 heteroatoms. The molecule has 1 N–H and O–H groups in total. The summed E-state index contributed by atoms with van der Waals surface area (Å²) >= 11 is 1.16. The van der Waals surface area contributed by atoms with Gasteiger partial charge in [-0.05, 0) is 56.4 Å². The first-order valence-corrected chi connectivity index (χ1v) is 10.0. The minimum atomic E-state index is -0.921. The predicted molar refractivity (Wildman–Crippen MR) is 112 cm³/mol. The fourth-order valence-corrected chi connectivity index (χ4v) is 3.30. The molecule has 152 valence electrons. The van der Waals surface area contributed by atoms with Gasteiger partial charge in [0.15, 0.2) is 5.12 Å². The number of methoxy groups -OCH3 is 1. The Balaban J connectivity index is 2.47. The highest BCUT2D eigenvalue weighted by Gasteiger charge is 2.52. The molecule has 0 bridgehead atoms. The van der Waals surface area contributed by atoms with Crippen molar-refractivity contribution in [1.82, 2.24) is 0 Å². The van der Waals surface area contributed by atoms with Crippen molar-refractivity contribution < 1.29 is 28.7 Å². The number of aliphatic carboxylic acids is 1. The van der Waals surface area contributed by atoms with Crippen LogP contribution in [-0.2, 0) is 25.3 Å². The van der Waals surface area contributed by atoms with Crippen LogP contribution in [-0.4, -0.2) is 47.4 Å². The zero-order valence-electron chi connectivity index (χ0n) is 17.2. The van der Waals surface area contributed by atoms with Crippen LogP contribution < -0.4 is 4.74 Å². The zero-order valence-corrected chi connectivity index (χ0v) is 18.0. The molecule has 0 spiro atoms. The van der Waals surface area contributed by atoms with Crippen molar-refractivity contribution in [1.29, 1.82) is 0 Å². The van der Waals surface area contributed by atoms with Crippen LogP contribution in [0.1, 0.15) is 45.7 Å². The molecule has 6 nitrogen and oxygen atoms in total. The van der Waals surface area contributed by atoms with Gasteiger partial charge in [0.2, 0.25) is 0 Å². The average molecular weight is 406 g/mol. The summed E-state index contributed by atoms with van der Waals surface area (Å²) in [6.07, 6.45) is 1.73. The Kier molecular flexibility index (Phi) is 7.01. The van der Waals surface area contributed by atoms with Gasteiger partial charge >= 0.3 is 13.1 Å². The zero-order chi connectivity index (χ0) is 21.1. The van der Waals surface area contributed by atoms with Crippen molar-refractivity contribution >= 4 is 36.0 Å². The van der Waals surface area contributed by atoms with Crippen molar-refractivity contribution in [3.63, 3.8) is 0 Å². The standard InChI is InChI=1S/C20H27BO6S/c1-13(22)28-12-16(21-26-19(2,3)20(4,5)27-21)9-15-10-17(25-6)8-7-14(15)11-18(23)24/h7-10H,11-12H2,1-6H3,(H,23,24). The smallest absolute Gasteiger partial charge is 0.491 e. The molecule has 1 aromatic rings. The van der Waals surface area contributed by atoms with Gasteiger partial charge in [0.05, 0.1) is 24.7 Å². The van der Waals surface area contributed by atoms with E-state index in [1.54, 1.807) is 25.3 Å². The summed E-state index contributed by atoms with van der Waals surface area (Å²) < 4.78 is 17.6. The number of carbonyl (C=O) groups is 2. The van der Waals surface area contributed by atoms with Crippen LogP contribution in [0.5, 0.6) is 5.75 Å². The maximum atomic E-state index is 11.5. The van der Waals surface area contributed by atoms with Gasteiger partial charge in [0.25, 0.3) is 0 Å². The third-order valence-electron chi connectivity index (χ3n) is 5.03. The second-order valence-electron chi connectivity index (χ2n) is 7.72. The molecule has 0 aromatic heterocycles. The molecule has 1 heterocycles. The molecule has 0 aliphatic carbocycles. The van der Waals surface area contributed by atoms with Crippen molar-refractivity contribution in [2.45, 2.75) is 52.2 Å². The maximum absolute atomic E-state index is 11.5. The van der Waals surface area contributed by atoms with Crippen LogP contribution in [0, 0.1) is 0 Å². The fourth-order valence-electron chi connectivity index (χ4n) is 2.72. The van der Waals surface area contributed by atoms with E-state index in [0.29, 0.717) is 22.6 Å². The van der Waals surface area contributed by atoms with E-state index in [9.17, 15) is 14.7 Å². The predicted octanol–water partition coefficient (Wildman–Crippen LogP) is 3.62. The van der Waals surface area contributed by atoms with Crippen molar-refractivity contribution in [2.75, 3.05) is 12.9 Å². The molecular formula is C20H27BO6S. The molecule has 1 saturated heterocycles. The van der Waals surface area contributed by atoms with Crippen LogP contribution >= 0.6 is 11.8 Å². The van der Waals surface area contributed by atoms with E-state index in [-0.39, 0.29) is 11.5 Å². The molecule has 1 fully saturated rings. The lowest BCUT2D eigenvalue weighted by atomic mass is 9.78. The molecule has 0 atom stereocenters. The van der Waals surface area contributed by atoms with E-state index in [1.165, 1.54) is 6.92 Å². The molecular weight excluding hydrogens is 379 g/mol. The highest BCUT2D eigenvalue weighted by Crippen LogP contribution is 2.39. The highest BCUT2D eigenvalue weighted by atomic mass is 32.2. The fraction of sp³-hybridized carbons (Fsp3) is 0.500. The Morgan fingerprint density at radius 1 is 1.21 bits per heavy atom. The Labute approximate surface area is 170 Å². The van der Waals surface area contributed by atoms with Gasteiger partial charge < -0.3 is 19.2 Å². The monoisotopic (exact) mass is 406 g/mol. The Morgan fingerprint density at radius 3 is 2.32 bits per heavy atom. The SMILES string of the molecule is COc1ccc(CC(=O)O)c(C=C(CSC(C)=O)B2OC(C)(C)C(C)(C)O2)c1. The summed E-state index contributed by atoms with van der Waals surface area (Å²) in [4.78, 5) is 22.8. The van der Waals surface area contributed by atoms with E-state index in [1.807, 2.05) is 33.8 Å². The second kappa shape index (κ2) is 8.72. The van der Waals surface area contributed by atoms with E-state index in [2.05, 4.69) is 0 Å². The lowest BCUT2D eigenvalue weighted by Gasteiger charge is -2.32. The lowest BCUT2D eigenvalue weighted by Crippen LogP contribution is -2.41. The Bertz CT molecular complexity index is 771. The third-order valence-corrected chi connectivity index (χ3v) is 5.92. The molecule has 0 amide bonds. The molecule has 1 aliphatic rings. The summed E-state index contributed by atoms with van der Waals surface area (Å²) in [6.45, 7) is 9.36. The number of hydrogen-bond acceptors (Lipinski definition) is 6. The second-order valence-corrected chi connectivity index (χ2v) is 8.88. The number of ether oxygens (including phenoxy) is 1. The maximum Gasteiger partial charge on any atom is 0.491 e. The number of carboxylic acids is 1. The molecule has 2 rings (SSSR count). The van der Waals surface area contributed by atoms with E-state index in [4.69, 9.17) is 14.0 Å². The first-order chi connectivity index (χ1) is 12.9. The quantitative estimate of drug-likeness (QED) is 0.693. The van der Waals surface area contributed by atoms with Gasteiger partial charge in [0.1, 0.15) is 5.75 Å². The average Bonchev–Trinajstić information content (AvgIpc) is 2.79. The van der Waals surface area contributed by atoms with Crippen molar-refractivity contribution in [3.8, 4) is 5.75 Å². The van der Waals surface area contributed by atoms with E-state index >= 15 is 0 Å². The number of thioether (sulfide) groups is 1. The Morgan fingerprint density at radius 2 is 1.82 bits per heavy atom. The van der Waals surface area contributed by atoms with Gasteiger partial charge in [-0.1, -0.05) is 23.9 Å². The van der Waals surface area contributed by atoms with Crippen molar-refractivity contribution in [3.05, 3.63) is 34.8 Å². The molecule has 0 saturated carbocycles. The van der Waals surface area contributed by atoms with Crippen LogP contribution in [0.4, 0.5) is 0 Å². The highest BCUT2D eigenvalue weighted by molar-refractivity contribution is 8.13. The summed E-state index contributed by atoms with van der Waals surface area (Å²) in [5.41, 5.74) is 1.08. The molecule has 0 radical (unpaired) electrons.